The lowest BCUT2D eigenvalue weighted by molar-refractivity contribution is 0.355. The summed E-state index contributed by atoms with van der Waals surface area (Å²) in [4.78, 5) is 7.36. The Kier molecular flexibility index (Phi) is 3.94. The van der Waals surface area contributed by atoms with Gasteiger partial charge in [-0.05, 0) is 25.5 Å². The quantitative estimate of drug-likeness (QED) is 0.868. The molecule has 5 heteroatoms. The van der Waals surface area contributed by atoms with Crippen LogP contribution in [0.5, 0.6) is 11.5 Å². The first kappa shape index (κ1) is 13.3. The number of aromatic amines is 1. The van der Waals surface area contributed by atoms with Crippen LogP contribution in [0.15, 0.2) is 18.3 Å². The molecule has 0 atom stereocenters. The molecule has 0 aliphatic rings. The number of nitrogens with one attached hydrogen (secondary N) is 2. The van der Waals surface area contributed by atoms with E-state index in [-0.39, 0.29) is 0 Å². The minimum absolute atomic E-state index is 0.692. The van der Waals surface area contributed by atoms with Crippen LogP contribution in [0.1, 0.15) is 17.1 Å². The summed E-state index contributed by atoms with van der Waals surface area (Å²) in [6, 6.07) is 3.90. The highest BCUT2D eigenvalue weighted by atomic mass is 16.5. The number of hydrogen-bond donors (Lipinski definition) is 2. The van der Waals surface area contributed by atoms with Crippen LogP contribution >= 0.6 is 0 Å². The van der Waals surface area contributed by atoms with Crippen molar-refractivity contribution in [2.24, 2.45) is 0 Å². The van der Waals surface area contributed by atoms with Crippen LogP contribution < -0.4 is 14.8 Å². The summed E-state index contributed by atoms with van der Waals surface area (Å²) in [5, 5.41) is 3.36. The first-order chi connectivity index (χ1) is 9.13. The predicted octanol–water partition coefficient (Wildman–Crippen LogP) is 2.66. The second-order valence-corrected chi connectivity index (χ2v) is 4.37. The van der Waals surface area contributed by atoms with Gasteiger partial charge >= 0.3 is 0 Å². The van der Waals surface area contributed by atoms with E-state index in [1.165, 1.54) is 0 Å². The molecule has 0 saturated heterocycles. The number of H-pyrrole nitrogens is 1. The van der Waals surface area contributed by atoms with Crippen molar-refractivity contribution in [3.63, 3.8) is 0 Å². The zero-order valence-corrected chi connectivity index (χ0v) is 11.7. The number of aromatic nitrogens is 2. The standard InChI is InChI=1S/C14H19N3O2/c1-9-5-13(18-3)14(19-4)6-12(9)16-8-11-7-15-10(2)17-11/h5-7,16H,8H2,1-4H3,(H,15,17). The molecule has 2 aromatic rings. The number of methoxy groups -OCH3 is 2. The van der Waals surface area contributed by atoms with Crippen LogP contribution in [0, 0.1) is 13.8 Å². The second kappa shape index (κ2) is 5.65. The highest BCUT2D eigenvalue weighted by Gasteiger charge is 2.08. The SMILES string of the molecule is COc1cc(C)c(NCc2cnc(C)[nH]2)cc1OC. The Morgan fingerprint density at radius 1 is 1.16 bits per heavy atom. The van der Waals surface area contributed by atoms with E-state index in [1.807, 2.05) is 32.2 Å². The Hall–Kier alpha value is -2.17. The molecule has 0 unspecified atom stereocenters. The van der Waals surface area contributed by atoms with Crippen LogP contribution in [-0.4, -0.2) is 24.2 Å². The van der Waals surface area contributed by atoms with Crippen LogP contribution in [0.2, 0.25) is 0 Å². The monoisotopic (exact) mass is 261 g/mol. The molecular weight excluding hydrogens is 242 g/mol. The first-order valence-corrected chi connectivity index (χ1v) is 6.11. The molecule has 5 nitrogen and oxygen atoms in total. The van der Waals surface area contributed by atoms with Crippen molar-refractivity contribution in [2.45, 2.75) is 20.4 Å². The zero-order valence-electron chi connectivity index (χ0n) is 11.7. The van der Waals surface area contributed by atoms with Gasteiger partial charge in [-0.1, -0.05) is 0 Å². The van der Waals surface area contributed by atoms with Crippen molar-refractivity contribution >= 4 is 5.69 Å². The van der Waals surface area contributed by atoms with E-state index in [1.54, 1.807) is 14.2 Å². The molecule has 0 spiro atoms. The Morgan fingerprint density at radius 2 is 1.84 bits per heavy atom. The summed E-state index contributed by atoms with van der Waals surface area (Å²) >= 11 is 0. The first-order valence-electron chi connectivity index (χ1n) is 6.11. The number of benzene rings is 1. The molecule has 1 aromatic carbocycles. The predicted molar refractivity (Wildman–Crippen MR) is 74.9 cm³/mol. The van der Waals surface area contributed by atoms with Gasteiger partial charge in [-0.25, -0.2) is 4.98 Å². The number of anilines is 1. The normalized spacial score (nSPS) is 10.3. The number of ether oxygens (including phenoxy) is 2. The van der Waals surface area contributed by atoms with Crippen molar-refractivity contribution in [3.8, 4) is 11.5 Å². The van der Waals surface area contributed by atoms with E-state index >= 15 is 0 Å². The Morgan fingerprint density at radius 3 is 2.42 bits per heavy atom. The van der Waals surface area contributed by atoms with E-state index in [4.69, 9.17) is 9.47 Å². The lowest BCUT2D eigenvalue weighted by Crippen LogP contribution is -2.02. The number of nitrogens with zero attached hydrogens (tertiary/aromatic N) is 1. The molecule has 2 N–H and O–H groups in total. The lowest BCUT2D eigenvalue weighted by Gasteiger charge is -2.13. The third-order valence-electron chi connectivity index (χ3n) is 2.96. The summed E-state index contributed by atoms with van der Waals surface area (Å²) in [5.74, 6) is 2.38. The highest BCUT2D eigenvalue weighted by Crippen LogP contribution is 2.32. The fourth-order valence-corrected chi connectivity index (χ4v) is 1.92. The van der Waals surface area contributed by atoms with Crippen LogP contribution in [0.25, 0.3) is 0 Å². The Bertz CT molecular complexity index is 564. The van der Waals surface area contributed by atoms with Crippen LogP contribution in [-0.2, 0) is 6.54 Å². The maximum atomic E-state index is 5.30. The van der Waals surface area contributed by atoms with Crippen molar-refractivity contribution < 1.29 is 9.47 Å². The Labute approximate surface area is 113 Å². The number of imidazole rings is 1. The maximum absolute atomic E-state index is 5.30. The molecule has 1 heterocycles. The minimum atomic E-state index is 0.692. The zero-order chi connectivity index (χ0) is 13.8. The van der Waals surface area contributed by atoms with Crippen molar-refractivity contribution in [1.29, 1.82) is 0 Å². The lowest BCUT2D eigenvalue weighted by atomic mass is 10.1. The number of hydrogen-bond acceptors (Lipinski definition) is 4. The van der Waals surface area contributed by atoms with Gasteiger partial charge in [0.1, 0.15) is 5.82 Å². The average Bonchev–Trinajstić information content (AvgIpc) is 2.82. The topological polar surface area (TPSA) is 59.2 Å². The van der Waals surface area contributed by atoms with Gasteiger partial charge in [0.15, 0.2) is 11.5 Å². The van der Waals surface area contributed by atoms with Crippen molar-refractivity contribution in [2.75, 3.05) is 19.5 Å². The largest absolute Gasteiger partial charge is 0.493 e. The molecule has 0 radical (unpaired) electrons. The fourth-order valence-electron chi connectivity index (χ4n) is 1.92. The number of rotatable bonds is 5. The summed E-state index contributed by atoms with van der Waals surface area (Å²) < 4.78 is 10.6. The van der Waals surface area contributed by atoms with Gasteiger partial charge in [0.25, 0.3) is 0 Å². The molecule has 0 amide bonds. The van der Waals surface area contributed by atoms with Crippen LogP contribution in [0.4, 0.5) is 5.69 Å². The molecule has 0 aliphatic carbocycles. The smallest absolute Gasteiger partial charge is 0.162 e. The van der Waals surface area contributed by atoms with E-state index in [0.29, 0.717) is 6.54 Å². The van der Waals surface area contributed by atoms with Crippen LogP contribution in [0.3, 0.4) is 0 Å². The molecular formula is C14H19N3O2. The van der Waals surface area contributed by atoms with Gasteiger partial charge in [-0.2, -0.15) is 0 Å². The highest BCUT2D eigenvalue weighted by molar-refractivity contribution is 5.60. The second-order valence-electron chi connectivity index (χ2n) is 4.37. The summed E-state index contributed by atoms with van der Waals surface area (Å²) in [6.07, 6.45) is 1.83. The third kappa shape index (κ3) is 2.99. The molecule has 102 valence electrons. The maximum Gasteiger partial charge on any atom is 0.162 e. The number of aryl methyl sites for hydroxylation is 2. The van der Waals surface area contributed by atoms with E-state index in [9.17, 15) is 0 Å². The molecule has 0 aliphatic heterocycles. The summed E-state index contributed by atoms with van der Waals surface area (Å²) in [5.41, 5.74) is 3.17. The summed E-state index contributed by atoms with van der Waals surface area (Å²) in [7, 11) is 3.27. The van der Waals surface area contributed by atoms with Gasteiger partial charge in [-0.3, -0.25) is 0 Å². The Balaban J connectivity index is 2.15. The van der Waals surface area contributed by atoms with Gasteiger partial charge in [0, 0.05) is 11.8 Å². The van der Waals surface area contributed by atoms with Gasteiger partial charge < -0.3 is 19.8 Å². The van der Waals surface area contributed by atoms with Gasteiger partial charge in [-0.15, -0.1) is 0 Å². The van der Waals surface area contributed by atoms with Gasteiger partial charge in [0.2, 0.25) is 0 Å². The molecule has 0 bridgehead atoms. The van der Waals surface area contributed by atoms with Crippen molar-refractivity contribution in [3.05, 3.63) is 35.4 Å². The molecule has 1 aromatic heterocycles. The summed E-state index contributed by atoms with van der Waals surface area (Å²) in [6.45, 7) is 4.66. The minimum Gasteiger partial charge on any atom is -0.493 e. The van der Waals surface area contributed by atoms with E-state index in [0.717, 1.165) is 34.3 Å². The van der Waals surface area contributed by atoms with Gasteiger partial charge in [0.05, 0.1) is 32.7 Å². The molecule has 19 heavy (non-hydrogen) atoms. The molecule has 2 rings (SSSR count). The average molecular weight is 261 g/mol. The van der Waals surface area contributed by atoms with E-state index in [2.05, 4.69) is 15.3 Å². The molecule has 0 saturated carbocycles. The fraction of sp³-hybridized carbons (Fsp3) is 0.357. The van der Waals surface area contributed by atoms with E-state index < -0.39 is 0 Å². The third-order valence-corrected chi connectivity index (χ3v) is 2.96. The van der Waals surface area contributed by atoms with Crippen molar-refractivity contribution in [1.82, 2.24) is 9.97 Å². The molecule has 0 fully saturated rings.